The number of fused-ring (bicyclic) bond motifs is 8. The van der Waals surface area contributed by atoms with Crippen LogP contribution in [0.5, 0.6) is 0 Å². The Balaban J connectivity index is 0.948. The first kappa shape index (κ1) is 64.8. The van der Waals surface area contributed by atoms with Crippen LogP contribution in [0.3, 0.4) is 0 Å². The number of carbonyl (C=O) groups excluding carboxylic acids is 2. The summed E-state index contributed by atoms with van der Waals surface area (Å²) in [7, 11) is 0. The van der Waals surface area contributed by atoms with E-state index >= 15 is 4.79 Å². The molecule has 7 aromatic rings. The van der Waals surface area contributed by atoms with E-state index in [1.165, 1.54) is 59.6 Å². The van der Waals surface area contributed by atoms with Crippen molar-refractivity contribution in [3.63, 3.8) is 0 Å². The molecule has 0 fully saturated rings. The maximum Gasteiger partial charge on any atom is 0.259 e. The zero-order valence-corrected chi connectivity index (χ0v) is 56.0. The van der Waals surface area contributed by atoms with Crippen molar-refractivity contribution in [2.75, 3.05) is 10.6 Å². The molecule has 0 unspecified atom stereocenters. The van der Waals surface area contributed by atoms with Crippen LogP contribution in [-0.4, -0.2) is 31.8 Å². The normalized spacial score (nSPS) is 14.8. The Morgan fingerprint density at radius 1 is 0.467 bits per heavy atom. The van der Waals surface area contributed by atoms with Gasteiger partial charge in [0, 0.05) is 51.5 Å². The van der Waals surface area contributed by atoms with Gasteiger partial charge in [0.2, 0.25) is 5.91 Å². The number of carbonyl (C=O) groups is 2. The number of hydrogen-bond donors (Lipinski definition) is 4. The second-order valence-electron chi connectivity index (χ2n) is 25.7. The van der Waals surface area contributed by atoms with Gasteiger partial charge in [0.15, 0.2) is 0 Å². The van der Waals surface area contributed by atoms with Crippen molar-refractivity contribution < 1.29 is 9.59 Å². The third kappa shape index (κ3) is 15.3. The lowest BCUT2D eigenvalue weighted by molar-refractivity contribution is -0.114. The fourth-order valence-corrected chi connectivity index (χ4v) is 13.0. The molecule has 0 spiro atoms. The maximum atomic E-state index is 15.2. The molecule has 0 atom stereocenters. The average molecular weight is 1210 g/mol. The van der Waals surface area contributed by atoms with E-state index in [2.05, 4.69) is 244 Å². The van der Waals surface area contributed by atoms with Crippen molar-refractivity contribution in [2.24, 2.45) is 5.41 Å². The number of rotatable bonds is 16. The average Bonchev–Trinajstić information content (AvgIpc) is 1.61. The van der Waals surface area contributed by atoms with E-state index in [0.717, 1.165) is 100 Å². The molecule has 1 aliphatic carbocycles. The lowest BCUT2D eigenvalue weighted by Gasteiger charge is -2.32. The maximum absolute atomic E-state index is 15.2. The first-order chi connectivity index (χ1) is 44.1. The Hall–Kier alpha value is -10.2. The molecule has 8 nitrogen and oxygen atoms in total. The minimum absolute atomic E-state index is 0.137. The summed E-state index contributed by atoms with van der Waals surface area (Å²) >= 11 is 0. The second-order valence-corrected chi connectivity index (χ2v) is 25.7. The number of allylic oxidation sites excluding steroid dienone is 19. The Bertz CT molecular complexity index is 4540. The van der Waals surface area contributed by atoms with Crippen LogP contribution in [0, 0.1) is 47.0 Å². The van der Waals surface area contributed by atoms with Crippen molar-refractivity contribution in [3.05, 3.63) is 277 Å². The van der Waals surface area contributed by atoms with Crippen LogP contribution >= 0.6 is 0 Å². The van der Waals surface area contributed by atoms with Gasteiger partial charge in [-0.15, -0.1) is 0 Å². The molecule has 8 bridgehead atoms. The van der Waals surface area contributed by atoms with Crippen LogP contribution in [0.2, 0.25) is 0 Å². The van der Waals surface area contributed by atoms with Gasteiger partial charge < -0.3 is 20.6 Å². The molecule has 0 radical (unpaired) electrons. The van der Waals surface area contributed by atoms with Gasteiger partial charge in [0.25, 0.3) is 5.91 Å². The Kier molecular flexibility index (Phi) is 20.0. The summed E-state index contributed by atoms with van der Waals surface area (Å²) in [6, 6.07) is 32.9. The summed E-state index contributed by atoms with van der Waals surface area (Å²) < 4.78 is 0. The minimum atomic E-state index is -0.306. The van der Waals surface area contributed by atoms with Crippen molar-refractivity contribution in [2.45, 2.75) is 116 Å². The number of H-pyrrole nitrogens is 2. The number of nitrogens with one attached hydrogen (secondary N) is 4. The molecule has 10 rings (SSSR count). The van der Waals surface area contributed by atoms with E-state index in [9.17, 15) is 4.79 Å². The van der Waals surface area contributed by atoms with E-state index in [0.29, 0.717) is 33.8 Å². The molecule has 3 aliphatic rings. The highest BCUT2D eigenvalue weighted by Gasteiger charge is 2.27. The van der Waals surface area contributed by atoms with Gasteiger partial charge in [0.1, 0.15) is 0 Å². The molecule has 2 aliphatic heterocycles. The van der Waals surface area contributed by atoms with E-state index in [4.69, 9.17) is 9.97 Å². The number of hydrogen-bond acceptors (Lipinski definition) is 4. The topological polar surface area (TPSA) is 116 Å². The summed E-state index contributed by atoms with van der Waals surface area (Å²) in [4.78, 5) is 45.9. The minimum Gasteiger partial charge on any atom is -0.354 e. The van der Waals surface area contributed by atoms with E-state index in [-0.39, 0.29) is 17.2 Å². The third-order valence-electron chi connectivity index (χ3n) is 17.4. The van der Waals surface area contributed by atoms with Crippen LogP contribution in [0.1, 0.15) is 147 Å². The Labute approximate surface area is 544 Å². The molecule has 464 valence electrons. The molecular weight excluding hydrogens is 1120 g/mol. The zero-order valence-electron chi connectivity index (χ0n) is 56.0. The third-order valence-corrected chi connectivity index (χ3v) is 17.4. The summed E-state index contributed by atoms with van der Waals surface area (Å²) in [5, 5.41) is 6.18. The Morgan fingerprint density at radius 2 is 0.891 bits per heavy atom. The van der Waals surface area contributed by atoms with Crippen LogP contribution in [0.25, 0.3) is 85.8 Å². The fraction of sp³-hybridized carbons (Fsp3) is 0.214. The van der Waals surface area contributed by atoms with Crippen LogP contribution in [-0.2, 0) is 4.79 Å². The van der Waals surface area contributed by atoms with Gasteiger partial charge in [-0.05, 0) is 224 Å². The van der Waals surface area contributed by atoms with E-state index < -0.39 is 0 Å². The van der Waals surface area contributed by atoms with E-state index in [1.54, 1.807) is 0 Å². The molecule has 0 saturated heterocycles. The number of aromatic nitrogens is 4. The van der Waals surface area contributed by atoms with Gasteiger partial charge in [-0.1, -0.05) is 186 Å². The first-order valence-electron chi connectivity index (χ1n) is 32.0. The predicted octanol–water partition coefficient (Wildman–Crippen LogP) is 22.3. The van der Waals surface area contributed by atoms with Gasteiger partial charge >= 0.3 is 0 Å². The van der Waals surface area contributed by atoms with Crippen LogP contribution < -0.4 is 10.6 Å². The number of aromatic amines is 2. The number of amides is 2. The monoisotopic (exact) mass is 1210 g/mol. The number of nitrogens with zero attached hydrogens (tertiary/aromatic N) is 2. The van der Waals surface area contributed by atoms with Gasteiger partial charge in [-0.25, -0.2) is 9.97 Å². The molecular formula is C84H86N6O2. The standard InChI is InChI=1S/C84H86N6O2/c1-52(20-15-16-21-53(2)23-18-25-55(4)28-38-68-58(7)26-19-47-84(68,13)14)22-17-24-54(3)27-29-64-30-34-67(35-31-64)86-83(92)82-75-45-43-73(89-75)80(77-59(8)48-56(5)49-60(77)9)71-41-39-69(87-71)79(65-32-36-66(37-33-65)85-63(12)91)70-40-42-72(88-70)81(74-44-46-76(82)90-74)78-61(10)50-57(6)51-62(78)11/h15-18,20-25,27-46,48-51,87,90H,19,26,47H2,1-14H3,(H,85,91)(H,86,92)/b16-15+,22-17+,23-18+,29-27+,38-28+,52-20+,53-21+,54-24+,55-25+,79-69?,79-70?,80-71?,80-73?,81-72?,81-74?,82-75?,82-76?. The second kappa shape index (κ2) is 28.3. The molecule has 4 aromatic carbocycles. The highest BCUT2D eigenvalue weighted by Crippen LogP contribution is 2.43. The molecule has 3 aromatic heterocycles. The first-order valence-corrected chi connectivity index (χ1v) is 32.0. The highest BCUT2D eigenvalue weighted by atomic mass is 16.2. The zero-order chi connectivity index (χ0) is 65.4. The molecule has 5 heterocycles. The van der Waals surface area contributed by atoms with Gasteiger partial charge in [-0.3, -0.25) is 9.59 Å². The van der Waals surface area contributed by atoms with Crippen molar-refractivity contribution >= 4 is 75.6 Å². The lowest BCUT2D eigenvalue weighted by atomic mass is 9.72. The molecule has 8 heteroatoms. The lowest BCUT2D eigenvalue weighted by Crippen LogP contribution is -2.19. The largest absolute Gasteiger partial charge is 0.354 e. The van der Waals surface area contributed by atoms with Crippen molar-refractivity contribution in [3.8, 4) is 33.4 Å². The van der Waals surface area contributed by atoms with Crippen LogP contribution in [0.15, 0.2) is 209 Å². The number of benzene rings is 4. The van der Waals surface area contributed by atoms with Crippen molar-refractivity contribution in [1.82, 2.24) is 19.9 Å². The Morgan fingerprint density at radius 3 is 1.41 bits per heavy atom. The number of aryl methyl sites for hydroxylation is 6. The van der Waals surface area contributed by atoms with Gasteiger partial charge in [0.05, 0.1) is 33.9 Å². The quantitative estimate of drug-likeness (QED) is 0.0721. The SMILES string of the molecule is CC(=O)Nc1ccc(-c2c3nc(c(-c4c(C)cc(C)cc4C)c4ccc([nH]4)c(C(=O)Nc4ccc(/C=C/C(C)=C/C=C/C(C)=C/C=C/C=C(C)/C=C/C=C(C)/C=C/C5=C(C)CCCC5(C)C)cc4)c4nc(c(-c5c(C)cc(C)cc5C)c5ccc2[nH]5)C=C4)C=C3)cc1. The molecule has 92 heavy (non-hydrogen) atoms. The summed E-state index contributed by atoms with van der Waals surface area (Å²) in [5.41, 5.74) is 29.1. The molecule has 0 saturated carbocycles. The highest BCUT2D eigenvalue weighted by molar-refractivity contribution is 6.12. The number of anilines is 2. The molecule has 2 amide bonds. The molecule has 4 N–H and O–H groups in total. The summed E-state index contributed by atoms with van der Waals surface area (Å²) in [6.45, 7) is 29.8. The van der Waals surface area contributed by atoms with Gasteiger partial charge in [-0.2, -0.15) is 0 Å². The summed E-state index contributed by atoms with van der Waals surface area (Å²) in [6.07, 6.45) is 41.8. The van der Waals surface area contributed by atoms with Crippen molar-refractivity contribution in [1.29, 1.82) is 0 Å². The summed E-state index contributed by atoms with van der Waals surface area (Å²) in [5.74, 6) is -0.443. The van der Waals surface area contributed by atoms with E-state index in [1.807, 2.05) is 72.8 Å². The fourth-order valence-electron chi connectivity index (χ4n) is 13.0. The smallest absolute Gasteiger partial charge is 0.259 e. The predicted molar refractivity (Wildman–Crippen MR) is 393 cm³/mol. The van der Waals surface area contributed by atoms with Crippen LogP contribution in [0.4, 0.5) is 11.4 Å².